The lowest BCUT2D eigenvalue weighted by atomic mass is 9.94. The molecule has 1 fully saturated rings. The van der Waals surface area contributed by atoms with Gasteiger partial charge in [0.15, 0.2) is 5.60 Å². The standard InChI is InChI=1S/C15H20O3/c1-11-7-9-12(10-8-11)15(2,14(16)17)18-13-5-3-4-6-13/h7-10,13H,3-6H2,1-2H3,(H,16,17). The van der Waals surface area contributed by atoms with Crippen LogP contribution in [0.1, 0.15) is 43.7 Å². The van der Waals surface area contributed by atoms with Crippen molar-refractivity contribution in [3.8, 4) is 0 Å². The van der Waals surface area contributed by atoms with Crippen molar-refractivity contribution in [1.29, 1.82) is 0 Å². The Morgan fingerprint density at radius 2 is 1.83 bits per heavy atom. The fraction of sp³-hybridized carbons (Fsp3) is 0.533. The van der Waals surface area contributed by atoms with Gasteiger partial charge in [0.05, 0.1) is 6.10 Å². The fourth-order valence-electron chi connectivity index (χ4n) is 2.45. The number of hydrogen-bond acceptors (Lipinski definition) is 2. The van der Waals surface area contributed by atoms with Crippen molar-refractivity contribution in [3.05, 3.63) is 35.4 Å². The molecule has 0 bridgehead atoms. The highest BCUT2D eigenvalue weighted by Crippen LogP contribution is 2.32. The molecule has 1 aromatic rings. The van der Waals surface area contributed by atoms with E-state index in [-0.39, 0.29) is 6.10 Å². The summed E-state index contributed by atoms with van der Waals surface area (Å²) in [6.45, 7) is 3.64. The zero-order chi connectivity index (χ0) is 13.2. The first-order chi connectivity index (χ1) is 8.52. The number of rotatable bonds is 4. The number of carboxylic acids is 1. The predicted molar refractivity (Wildman–Crippen MR) is 69.5 cm³/mol. The Balaban J connectivity index is 2.25. The molecule has 3 nitrogen and oxygen atoms in total. The molecule has 1 aliphatic rings. The molecule has 0 spiro atoms. The first kappa shape index (κ1) is 13.1. The summed E-state index contributed by atoms with van der Waals surface area (Å²) < 4.78 is 5.89. The van der Waals surface area contributed by atoms with Crippen LogP contribution >= 0.6 is 0 Å². The van der Waals surface area contributed by atoms with Gasteiger partial charge in [0.2, 0.25) is 0 Å². The number of carbonyl (C=O) groups is 1. The maximum atomic E-state index is 11.6. The minimum absolute atomic E-state index is 0.0763. The lowest BCUT2D eigenvalue weighted by molar-refractivity contribution is -0.172. The average Bonchev–Trinajstić information content (AvgIpc) is 2.82. The Kier molecular flexibility index (Phi) is 3.71. The van der Waals surface area contributed by atoms with Crippen LogP contribution in [-0.4, -0.2) is 17.2 Å². The third kappa shape index (κ3) is 2.56. The van der Waals surface area contributed by atoms with Gasteiger partial charge in [-0.05, 0) is 32.3 Å². The van der Waals surface area contributed by atoms with E-state index in [1.54, 1.807) is 6.92 Å². The molecule has 0 amide bonds. The average molecular weight is 248 g/mol. The second-order valence-electron chi connectivity index (χ2n) is 5.23. The van der Waals surface area contributed by atoms with E-state index < -0.39 is 11.6 Å². The van der Waals surface area contributed by atoms with Gasteiger partial charge in [0.1, 0.15) is 0 Å². The first-order valence-corrected chi connectivity index (χ1v) is 6.51. The molecule has 1 atom stereocenters. The van der Waals surface area contributed by atoms with Crippen LogP contribution in [0, 0.1) is 6.92 Å². The van der Waals surface area contributed by atoms with E-state index in [4.69, 9.17) is 4.74 Å². The van der Waals surface area contributed by atoms with Crippen molar-refractivity contribution < 1.29 is 14.6 Å². The maximum Gasteiger partial charge on any atom is 0.340 e. The lowest BCUT2D eigenvalue weighted by Crippen LogP contribution is -2.38. The summed E-state index contributed by atoms with van der Waals surface area (Å²) in [4.78, 5) is 11.6. The third-order valence-electron chi connectivity index (χ3n) is 3.72. The second kappa shape index (κ2) is 5.11. The smallest absolute Gasteiger partial charge is 0.340 e. The Morgan fingerprint density at radius 1 is 1.28 bits per heavy atom. The third-order valence-corrected chi connectivity index (χ3v) is 3.72. The highest BCUT2D eigenvalue weighted by molar-refractivity contribution is 5.79. The summed E-state index contributed by atoms with van der Waals surface area (Å²) in [5.41, 5.74) is 0.600. The van der Waals surface area contributed by atoms with E-state index in [1.807, 2.05) is 31.2 Å². The fourth-order valence-corrected chi connectivity index (χ4v) is 2.45. The van der Waals surface area contributed by atoms with Gasteiger partial charge < -0.3 is 9.84 Å². The zero-order valence-corrected chi connectivity index (χ0v) is 11.0. The van der Waals surface area contributed by atoms with E-state index in [2.05, 4.69) is 0 Å². The summed E-state index contributed by atoms with van der Waals surface area (Å²) in [6.07, 6.45) is 4.28. The van der Waals surface area contributed by atoms with Crippen LogP contribution < -0.4 is 0 Å². The van der Waals surface area contributed by atoms with Gasteiger partial charge in [0.25, 0.3) is 0 Å². The van der Waals surface area contributed by atoms with Crippen molar-refractivity contribution in [2.24, 2.45) is 0 Å². The number of benzene rings is 1. The van der Waals surface area contributed by atoms with Gasteiger partial charge in [-0.3, -0.25) is 0 Å². The summed E-state index contributed by atoms with van der Waals surface area (Å²) in [5, 5.41) is 9.49. The number of aryl methyl sites for hydroxylation is 1. The van der Waals surface area contributed by atoms with Crippen LogP contribution in [0.5, 0.6) is 0 Å². The van der Waals surface area contributed by atoms with Gasteiger partial charge in [0, 0.05) is 0 Å². The van der Waals surface area contributed by atoms with Gasteiger partial charge >= 0.3 is 5.97 Å². The predicted octanol–water partition coefficient (Wildman–Crippen LogP) is 3.25. The first-order valence-electron chi connectivity index (χ1n) is 6.51. The molecule has 98 valence electrons. The summed E-state index contributed by atoms with van der Waals surface area (Å²) in [5.74, 6) is -0.918. The van der Waals surface area contributed by atoms with Crippen LogP contribution in [0.3, 0.4) is 0 Å². The molecule has 1 saturated carbocycles. The van der Waals surface area contributed by atoms with Crippen LogP contribution in [0.2, 0.25) is 0 Å². The topological polar surface area (TPSA) is 46.5 Å². The number of ether oxygens (including phenoxy) is 1. The molecular formula is C15H20O3. The van der Waals surface area contributed by atoms with Gasteiger partial charge in [-0.1, -0.05) is 42.7 Å². The van der Waals surface area contributed by atoms with E-state index >= 15 is 0 Å². The Labute approximate surface area is 108 Å². The Hall–Kier alpha value is -1.35. The molecule has 1 aliphatic carbocycles. The Morgan fingerprint density at radius 3 is 2.33 bits per heavy atom. The molecule has 0 saturated heterocycles. The molecule has 0 radical (unpaired) electrons. The van der Waals surface area contributed by atoms with Crippen LogP contribution in [0.25, 0.3) is 0 Å². The molecule has 0 heterocycles. The molecule has 1 aromatic carbocycles. The van der Waals surface area contributed by atoms with Gasteiger partial charge in [-0.25, -0.2) is 4.79 Å². The largest absolute Gasteiger partial charge is 0.479 e. The van der Waals surface area contributed by atoms with Crippen molar-refractivity contribution in [1.82, 2.24) is 0 Å². The second-order valence-corrected chi connectivity index (χ2v) is 5.23. The van der Waals surface area contributed by atoms with Gasteiger partial charge in [-0.2, -0.15) is 0 Å². The summed E-state index contributed by atoms with van der Waals surface area (Å²) in [6, 6.07) is 7.54. The lowest BCUT2D eigenvalue weighted by Gasteiger charge is -2.29. The zero-order valence-electron chi connectivity index (χ0n) is 11.0. The maximum absolute atomic E-state index is 11.6. The van der Waals surface area contributed by atoms with Crippen molar-refractivity contribution in [2.75, 3.05) is 0 Å². The van der Waals surface area contributed by atoms with Crippen LogP contribution in [0.4, 0.5) is 0 Å². The molecule has 1 unspecified atom stereocenters. The number of aliphatic carboxylic acids is 1. The van der Waals surface area contributed by atoms with Crippen molar-refractivity contribution >= 4 is 5.97 Å². The van der Waals surface area contributed by atoms with Crippen LogP contribution in [0.15, 0.2) is 24.3 Å². The minimum Gasteiger partial charge on any atom is -0.479 e. The monoisotopic (exact) mass is 248 g/mol. The minimum atomic E-state index is -1.23. The highest BCUT2D eigenvalue weighted by atomic mass is 16.5. The van der Waals surface area contributed by atoms with E-state index in [0.717, 1.165) is 31.2 Å². The summed E-state index contributed by atoms with van der Waals surface area (Å²) >= 11 is 0. The summed E-state index contributed by atoms with van der Waals surface area (Å²) in [7, 11) is 0. The molecule has 3 heteroatoms. The van der Waals surface area contributed by atoms with E-state index in [0.29, 0.717) is 5.56 Å². The quantitative estimate of drug-likeness (QED) is 0.889. The van der Waals surface area contributed by atoms with Crippen molar-refractivity contribution in [2.45, 2.75) is 51.2 Å². The normalized spacial score (nSPS) is 19.7. The highest BCUT2D eigenvalue weighted by Gasteiger charge is 2.39. The van der Waals surface area contributed by atoms with E-state index in [1.165, 1.54) is 0 Å². The molecule has 0 aliphatic heterocycles. The number of hydrogen-bond donors (Lipinski definition) is 1. The van der Waals surface area contributed by atoms with Crippen molar-refractivity contribution in [3.63, 3.8) is 0 Å². The molecular weight excluding hydrogens is 228 g/mol. The molecule has 2 rings (SSSR count). The van der Waals surface area contributed by atoms with Crippen LogP contribution in [-0.2, 0) is 15.1 Å². The SMILES string of the molecule is Cc1ccc(C(C)(OC2CCCC2)C(=O)O)cc1. The molecule has 1 N–H and O–H groups in total. The number of carboxylic acid groups (broad SMARTS) is 1. The van der Waals surface area contributed by atoms with Gasteiger partial charge in [-0.15, -0.1) is 0 Å². The Bertz CT molecular complexity index is 418. The molecule has 0 aromatic heterocycles. The van der Waals surface area contributed by atoms with E-state index in [9.17, 15) is 9.90 Å². The molecule has 18 heavy (non-hydrogen) atoms.